The van der Waals surface area contributed by atoms with E-state index in [0.717, 1.165) is 35.5 Å². The van der Waals surface area contributed by atoms with Crippen molar-refractivity contribution in [1.82, 2.24) is 5.32 Å². The van der Waals surface area contributed by atoms with Gasteiger partial charge in [0.15, 0.2) is 0 Å². The van der Waals surface area contributed by atoms with Crippen LogP contribution in [0.3, 0.4) is 0 Å². The first-order valence-corrected chi connectivity index (χ1v) is 14.8. The normalized spacial score (nSPS) is 52.4. The number of carbonyl (C=O) groups excluding carboxylic acids is 1. The van der Waals surface area contributed by atoms with E-state index in [1.807, 2.05) is 5.57 Å². The molecule has 1 heterocycles. The van der Waals surface area contributed by atoms with Crippen LogP contribution < -0.4 is 5.32 Å². The first-order chi connectivity index (χ1) is 16.2. The van der Waals surface area contributed by atoms with Crippen LogP contribution in [0, 0.1) is 46.8 Å². The predicted molar refractivity (Wildman–Crippen MR) is 137 cm³/mol. The van der Waals surface area contributed by atoms with Crippen molar-refractivity contribution in [3.63, 3.8) is 0 Å². The summed E-state index contributed by atoms with van der Waals surface area (Å²) in [5.41, 5.74) is 4.16. The molecule has 5 fully saturated rings. The van der Waals surface area contributed by atoms with E-state index in [-0.39, 0.29) is 11.5 Å². The molecule has 1 aliphatic heterocycles. The van der Waals surface area contributed by atoms with Gasteiger partial charge in [0, 0.05) is 13.0 Å². The third-order valence-electron chi connectivity index (χ3n) is 12.5. The molecule has 0 aromatic rings. The Morgan fingerprint density at radius 1 is 1.00 bits per heavy atom. The molecule has 1 saturated heterocycles. The molecular formula is C31H49NO2. The Kier molecular flexibility index (Phi) is 5.79. The number of carbonyl (C=O) groups is 1. The first-order valence-electron chi connectivity index (χ1n) is 14.8. The van der Waals surface area contributed by atoms with E-state index >= 15 is 0 Å². The number of allylic oxidation sites excluding steroid dienone is 1. The van der Waals surface area contributed by atoms with Crippen molar-refractivity contribution in [2.24, 2.45) is 46.8 Å². The largest absolute Gasteiger partial charge is 0.371 e. The molecular weight excluding hydrogens is 418 g/mol. The Balaban J connectivity index is 1.23. The highest BCUT2D eigenvalue weighted by atomic mass is 16.5. The zero-order valence-electron chi connectivity index (χ0n) is 22.5. The molecule has 0 aromatic carbocycles. The number of nitrogens with one attached hydrogen (secondary N) is 1. The lowest BCUT2D eigenvalue weighted by atomic mass is 9.52. The van der Waals surface area contributed by atoms with Gasteiger partial charge < -0.3 is 10.1 Å². The van der Waals surface area contributed by atoms with Gasteiger partial charge >= 0.3 is 0 Å². The van der Waals surface area contributed by atoms with Crippen LogP contribution >= 0.6 is 0 Å². The Hall–Kier alpha value is -0.830. The number of rotatable bonds is 1. The highest BCUT2D eigenvalue weighted by molar-refractivity contribution is 5.73. The second-order valence-electron chi connectivity index (χ2n) is 14.1. The van der Waals surface area contributed by atoms with E-state index in [4.69, 9.17) is 4.74 Å². The van der Waals surface area contributed by atoms with Crippen LogP contribution in [-0.2, 0) is 9.53 Å². The summed E-state index contributed by atoms with van der Waals surface area (Å²) in [5, 5.41) is 3.25. The summed E-state index contributed by atoms with van der Waals surface area (Å²) in [4.78, 5) is 11.7. The maximum Gasteiger partial charge on any atom is 0.217 e. The van der Waals surface area contributed by atoms with Crippen LogP contribution in [0.25, 0.3) is 0 Å². The molecule has 3 nitrogen and oxygen atoms in total. The minimum absolute atomic E-state index is 0.119. The molecule has 34 heavy (non-hydrogen) atoms. The second kappa shape index (κ2) is 8.35. The number of hydrogen-bond acceptors (Lipinski definition) is 2. The summed E-state index contributed by atoms with van der Waals surface area (Å²) in [7, 11) is 0. The molecule has 11 atom stereocenters. The van der Waals surface area contributed by atoms with E-state index in [9.17, 15) is 4.79 Å². The molecule has 5 aliphatic carbocycles. The van der Waals surface area contributed by atoms with Gasteiger partial charge in [-0.25, -0.2) is 0 Å². The van der Waals surface area contributed by atoms with Crippen molar-refractivity contribution in [3.05, 3.63) is 11.1 Å². The smallest absolute Gasteiger partial charge is 0.217 e. The topological polar surface area (TPSA) is 38.3 Å². The van der Waals surface area contributed by atoms with Gasteiger partial charge in [-0.05, 0) is 124 Å². The maximum absolute atomic E-state index is 11.7. The standard InChI is InChI=1S/C31H49NO2/c1-18-6-8-24-20(3)31(34-29(24)14-18)13-11-25-26-9-7-22-15-23(32-21(4)33)10-12-30(22,5)28(26)16-27(25)19(2)17-31/h18,20,22-26,28-29H,6-17H2,1-5H3,(H,32,33)/t18-,20-,22-,23+,24+,25+,26+,28+,29-,30+,31+/m1/s1. The molecule has 3 heteroatoms. The molecule has 0 radical (unpaired) electrons. The quantitative estimate of drug-likeness (QED) is 0.419. The van der Waals surface area contributed by atoms with E-state index in [2.05, 4.69) is 33.0 Å². The fraction of sp³-hybridized carbons (Fsp3) is 0.903. The summed E-state index contributed by atoms with van der Waals surface area (Å²) >= 11 is 0. The van der Waals surface area contributed by atoms with Gasteiger partial charge in [0.25, 0.3) is 0 Å². The van der Waals surface area contributed by atoms with Crippen LogP contribution in [-0.4, -0.2) is 23.7 Å². The average molecular weight is 468 g/mol. The van der Waals surface area contributed by atoms with Gasteiger partial charge in [-0.15, -0.1) is 0 Å². The van der Waals surface area contributed by atoms with E-state index in [0.29, 0.717) is 23.5 Å². The van der Waals surface area contributed by atoms with Crippen LogP contribution in [0.1, 0.15) is 112 Å². The van der Waals surface area contributed by atoms with Crippen LogP contribution in [0.2, 0.25) is 0 Å². The molecule has 4 saturated carbocycles. The van der Waals surface area contributed by atoms with Gasteiger partial charge in [-0.2, -0.15) is 0 Å². The minimum atomic E-state index is 0.119. The van der Waals surface area contributed by atoms with Gasteiger partial charge in [0.2, 0.25) is 5.91 Å². The minimum Gasteiger partial charge on any atom is -0.371 e. The molecule has 6 aliphatic rings. The molecule has 0 aromatic heterocycles. The maximum atomic E-state index is 11.7. The lowest BCUT2D eigenvalue weighted by Crippen LogP contribution is -2.50. The predicted octanol–water partition coefficient (Wildman–Crippen LogP) is 7.05. The van der Waals surface area contributed by atoms with E-state index in [1.165, 1.54) is 77.0 Å². The van der Waals surface area contributed by atoms with Crippen molar-refractivity contribution in [1.29, 1.82) is 0 Å². The van der Waals surface area contributed by atoms with Crippen molar-refractivity contribution in [3.8, 4) is 0 Å². The van der Waals surface area contributed by atoms with Crippen LogP contribution in [0.15, 0.2) is 11.1 Å². The highest BCUT2D eigenvalue weighted by Crippen LogP contribution is 2.65. The Morgan fingerprint density at radius 2 is 1.79 bits per heavy atom. The van der Waals surface area contributed by atoms with Crippen molar-refractivity contribution >= 4 is 5.91 Å². The van der Waals surface area contributed by atoms with Crippen molar-refractivity contribution < 1.29 is 9.53 Å². The van der Waals surface area contributed by atoms with Gasteiger partial charge in [0.1, 0.15) is 0 Å². The second-order valence-corrected chi connectivity index (χ2v) is 14.1. The highest BCUT2D eigenvalue weighted by Gasteiger charge is 2.59. The third-order valence-corrected chi connectivity index (χ3v) is 12.5. The molecule has 1 amide bonds. The van der Waals surface area contributed by atoms with Gasteiger partial charge in [0.05, 0.1) is 11.7 Å². The monoisotopic (exact) mass is 467 g/mol. The fourth-order valence-corrected chi connectivity index (χ4v) is 10.6. The third kappa shape index (κ3) is 3.57. The average Bonchev–Trinajstić information content (AvgIpc) is 3.24. The number of hydrogen-bond donors (Lipinski definition) is 1. The summed E-state index contributed by atoms with van der Waals surface area (Å²) < 4.78 is 7.11. The lowest BCUT2D eigenvalue weighted by Gasteiger charge is -2.54. The van der Waals surface area contributed by atoms with E-state index in [1.54, 1.807) is 12.5 Å². The van der Waals surface area contributed by atoms with E-state index < -0.39 is 0 Å². The summed E-state index contributed by atoms with van der Waals surface area (Å²) in [6.45, 7) is 11.8. The first kappa shape index (κ1) is 23.6. The van der Waals surface area contributed by atoms with Crippen molar-refractivity contribution in [2.75, 3.05) is 0 Å². The molecule has 6 rings (SSSR count). The fourth-order valence-electron chi connectivity index (χ4n) is 10.6. The van der Waals surface area contributed by atoms with Gasteiger partial charge in [-0.1, -0.05) is 38.3 Å². The molecule has 0 unspecified atom stereocenters. The van der Waals surface area contributed by atoms with Crippen LogP contribution in [0.4, 0.5) is 0 Å². The number of ether oxygens (including phenoxy) is 1. The number of amides is 1. The number of fused-ring (bicyclic) bond motifs is 6. The van der Waals surface area contributed by atoms with Crippen molar-refractivity contribution in [2.45, 2.75) is 129 Å². The summed E-state index contributed by atoms with van der Waals surface area (Å²) in [6.07, 6.45) is 16.3. The Morgan fingerprint density at radius 3 is 2.59 bits per heavy atom. The summed E-state index contributed by atoms with van der Waals surface area (Å²) in [6, 6.07) is 0.409. The Labute approximate surface area is 208 Å². The molecule has 190 valence electrons. The SMILES string of the molecule is CC(=O)N[C@H]1CC[C@@]2(C)[C@H](CC[C@H]3[C@@H]4CC[C@@]5(CC(C)=C4C[C@@H]32)O[C@@H]2C[C@H](C)CC[C@H]2[C@H]5C)C1. The molecule has 1 spiro atoms. The van der Waals surface area contributed by atoms with Gasteiger partial charge in [-0.3, -0.25) is 4.79 Å². The molecule has 1 N–H and O–H groups in total. The lowest BCUT2D eigenvalue weighted by molar-refractivity contribution is -0.121. The zero-order chi connectivity index (χ0) is 23.8. The van der Waals surface area contributed by atoms with Crippen LogP contribution in [0.5, 0.6) is 0 Å². The zero-order valence-corrected chi connectivity index (χ0v) is 22.5. The molecule has 0 bridgehead atoms. The Bertz CT molecular complexity index is 863. The summed E-state index contributed by atoms with van der Waals surface area (Å²) in [5.74, 6) is 5.85.